The van der Waals surface area contributed by atoms with Crippen LogP contribution in [0.3, 0.4) is 0 Å². The van der Waals surface area contributed by atoms with Crippen molar-refractivity contribution in [3.63, 3.8) is 0 Å². The predicted octanol–water partition coefficient (Wildman–Crippen LogP) is 4.87. The Kier molecular flexibility index (Phi) is 6.39. The largest absolute Gasteiger partial charge is 0.332 e. The number of H-pyrrole nitrogens is 1. The lowest BCUT2D eigenvalue weighted by Crippen LogP contribution is -2.26. The van der Waals surface area contributed by atoms with Gasteiger partial charge in [0, 0.05) is 19.4 Å². The van der Waals surface area contributed by atoms with Gasteiger partial charge in [0.15, 0.2) is 15.7 Å². The molecule has 0 radical (unpaired) electrons. The van der Waals surface area contributed by atoms with E-state index in [1.54, 1.807) is 10.6 Å². The standard InChI is InChI=1S/C23H26N4O3S2/c1-23(2)12-16-19(17(28)13-23)32-21(24-16)26-18(29)10-4-3-7-11-27-20(30)14-8-5-6-9-15(14)25-22(27)31/h5-6,8-9H,3-4,7,10-13H2,1-2H3,(H,25,31)(H,24,26,29). The van der Waals surface area contributed by atoms with Gasteiger partial charge in [0.1, 0.15) is 0 Å². The minimum absolute atomic E-state index is 0.0882. The molecule has 1 aliphatic rings. The van der Waals surface area contributed by atoms with Gasteiger partial charge in [-0.2, -0.15) is 0 Å². The lowest BCUT2D eigenvalue weighted by Gasteiger charge is -2.26. The van der Waals surface area contributed by atoms with Crippen molar-refractivity contribution in [3.05, 3.63) is 50.0 Å². The first-order valence-corrected chi connectivity index (χ1v) is 12.0. The number of benzene rings is 1. The molecule has 2 heterocycles. The summed E-state index contributed by atoms with van der Waals surface area (Å²) in [6.07, 6.45) is 3.86. The van der Waals surface area contributed by atoms with Gasteiger partial charge in [0.25, 0.3) is 5.56 Å². The molecule has 0 saturated carbocycles. The molecule has 7 nitrogen and oxygen atoms in total. The second-order valence-electron chi connectivity index (χ2n) is 9.03. The average molecular weight is 471 g/mol. The Balaban J connectivity index is 1.27. The molecule has 1 aromatic carbocycles. The van der Waals surface area contributed by atoms with Gasteiger partial charge in [-0.1, -0.05) is 43.7 Å². The smallest absolute Gasteiger partial charge is 0.262 e. The molecule has 32 heavy (non-hydrogen) atoms. The van der Waals surface area contributed by atoms with E-state index in [1.165, 1.54) is 11.3 Å². The van der Waals surface area contributed by atoms with Gasteiger partial charge < -0.3 is 10.3 Å². The molecule has 0 atom stereocenters. The predicted molar refractivity (Wildman–Crippen MR) is 129 cm³/mol. The number of amides is 1. The van der Waals surface area contributed by atoms with Crippen molar-refractivity contribution in [3.8, 4) is 0 Å². The lowest BCUT2D eigenvalue weighted by molar-refractivity contribution is -0.116. The minimum Gasteiger partial charge on any atom is -0.332 e. The topological polar surface area (TPSA) is 96.9 Å². The third-order valence-electron chi connectivity index (χ3n) is 5.66. The molecule has 4 rings (SSSR count). The Morgan fingerprint density at radius 1 is 1.22 bits per heavy atom. The van der Waals surface area contributed by atoms with Gasteiger partial charge in [-0.15, -0.1) is 0 Å². The fourth-order valence-electron chi connectivity index (χ4n) is 4.09. The number of para-hydroxylation sites is 1. The molecule has 1 amide bonds. The molecule has 168 valence electrons. The van der Waals surface area contributed by atoms with E-state index in [0.29, 0.717) is 46.0 Å². The monoisotopic (exact) mass is 470 g/mol. The first-order chi connectivity index (χ1) is 15.2. The van der Waals surface area contributed by atoms with E-state index in [9.17, 15) is 14.4 Å². The highest BCUT2D eigenvalue weighted by Crippen LogP contribution is 2.38. The van der Waals surface area contributed by atoms with Crippen molar-refractivity contribution in [2.45, 2.75) is 58.9 Å². The molecule has 9 heteroatoms. The number of fused-ring (bicyclic) bond motifs is 2. The molecule has 0 saturated heterocycles. The Bertz CT molecular complexity index is 1300. The fourth-order valence-corrected chi connectivity index (χ4v) is 5.31. The molecular weight excluding hydrogens is 444 g/mol. The summed E-state index contributed by atoms with van der Waals surface area (Å²) in [5.41, 5.74) is 1.36. The summed E-state index contributed by atoms with van der Waals surface area (Å²) < 4.78 is 1.99. The number of Topliss-reactive ketones (excluding diaryl/α,β-unsaturated/α-hetero) is 1. The Morgan fingerprint density at radius 3 is 2.81 bits per heavy atom. The zero-order valence-corrected chi connectivity index (χ0v) is 19.8. The van der Waals surface area contributed by atoms with Crippen LogP contribution in [0.2, 0.25) is 0 Å². The van der Waals surface area contributed by atoms with Gasteiger partial charge in [0.2, 0.25) is 5.91 Å². The van der Waals surface area contributed by atoms with Crippen molar-refractivity contribution >= 4 is 51.3 Å². The van der Waals surface area contributed by atoms with Crippen LogP contribution in [0.4, 0.5) is 5.13 Å². The normalized spacial score (nSPS) is 15.0. The van der Waals surface area contributed by atoms with Crippen molar-refractivity contribution in [2.75, 3.05) is 5.32 Å². The number of carbonyl (C=O) groups is 2. The number of hydrogen-bond donors (Lipinski definition) is 2. The maximum Gasteiger partial charge on any atom is 0.262 e. The number of nitrogens with one attached hydrogen (secondary N) is 2. The van der Waals surface area contributed by atoms with Crippen LogP contribution in [-0.2, 0) is 17.8 Å². The molecule has 2 N–H and O–H groups in total. The van der Waals surface area contributed by atoms with Crippen LogP contribution in [0.5, 0.6) is 0 Å². The summed E-state index contributed by atoms with van der Waals surface area (Å²) in [6, 6.07) is 7.32. The van der Waals surface area contributed by atoms with Crippen LogP contribution in [0, 0.1) is 10.2 Å². The van der Waals surface area contributed by atoms with E-state index < -0.39 is 0 Å². The van der Waals surface area contributed by atoms with E-state index in [4.69, 9.17) is 12.2 Å². The van der Waals surface area contributed by atoms with E-state index in [0.717, 1.165) is 30.5 Å². The minimum atomic E-state index is -0.108. The van der Waals surface area contributed by atoms with Gasteiger partial charge in [-0.3, -0.25) is 19.0 Å². The summed E-state index contributed by atoms with van der Waals surface area (Å²) >= 11 is 6.60. The van der Waals surface area contributed by atoms with Crippen molar-refractivity contribution in [2.24, 2.45) is 5.41 Å². The number of hydrogen-bond acceptors (Lipinski definition) is 6. The van der Waals surface area contributed by atoms with Crippen molar-refractivity contribution < 1.29 is 9.59 Å². The molecular formula is C23H26N4O3S2. The number of anilines is 1. The number of thiazole rings is 1. The highest BCUT2D eigenvalue weighted by molar-refractivity contribution is 7.71. The number of rotatable bonds is 7. The number of nitrogens with zero attached hydrogens (tertiary/aromatic N) is 2. The van der Waals surface area contributed by atoms with Gasteiger partial charge in [0.05, 0.1) is 21.5 Å². The van der Waals surface area contributed by atoms with E-state index >= 15 is 0 Å². The average Bonchev–Trinajstić information content (AvgIpc) is 3.11. The third-order valence-corrected chi connectivity index (χ3v) is 7.03. The fraction of sp³-hybridized carbons (Fsp3) is 0.435. The SMILES string of the molecule is CC1(C)CC(=O)c2sc(NC(=O)CCCCCn3c(=S)[nH]c4ccccc4c3=O)nc2C1. The highest BCUT2D eigenvalue weighted by atomic mass is 32.1. The molecule has 3 aromatic rings. The van der Waals surface area contributed by atoms with Crippen LogP contribution in [0.15, 0.2) is 29.1 Å². The van der Waals surface area contributed by atoms with E-state index in [-0.39, 0.29) is 22.7 Å². The number of aromatic amines is 1. The Morgan fingerprint density at radius 2 is 2.00 bits per heavy atom. The second-order valence-corrected chi connectivity index (χ2v) is 10.4. The zero-order valence-electron chi connectivity index (χ0n) is 18.2. The van der Waals surface area contributed by atoms with Crippen LogP contribution >= 0.6 is 23.6 Å². The van der Waals surface area contributed by atoms with Gasteiger partial charge in [-0.05, 0) is 49.0 Å². The molecule has 0 spiro atoms. The second kappa shape index (κ2) is 9.07. The third kappa shape index (κ3) is 4.88. The lowest BCUT2D eigenvalue weighted by atomic mass is 9.78. The van der Waals surface area contributed by atoms with E-state index in [1.807, 2.05) is 18.2 Å². The van der Waals surface area contributed by atoms with Crippen molar-refractivity contribution in [1.82, 2.24) is 14.5 Å². The number of ketones is 1. The first-order valence-electron chi connectivity index (χ1n) is 10.8. The maximum atomic E-state index is 12.7. The van der Waals surface area contributed by atoms with E-state index in [2.05, 4.69) is 29.1 Å². The van der Waals surface area contributed by atoms with Crippen LogP contribution in [0.1, 0.15) is 61.3 Å². The number of carbonyl (C=O) groups excluding carboxylic acids is 2. The number of unbranched alkanes of at least 4 members (excludes halogenated alkanes) is 2. The quantitative estimate of drug-likeness (QED) is 0.379. The first kappa shape index (κ1) is 22.5. The summed E-state index contributed by atoms with van der Waals surface area (Å²) in [6.45, 7) is 4.63. The Hall–Kier alpha value is -2.65. The summed E-state index contributed by atoms with van der Waals surface area (Å²) in [7, 11) is 0. The van der Waals surface area contributed by atoms with Crippen molar-refractivity contribution in [1.29, 1.82) is 0 Å². The van der Waals surface area contributed by atoms with Crippen LogP contribution in [-0.4, -0.2) is 26.2 Å². The van der Waals surface area contributed by atoms with Gasteiger partial charge >= 0.3 is 0 Å². The summed E-state index contributed by atoms with van der Waals surface area (Å²) in [5, 5.41) is 3.95. The molecule has 0 unspecified atom stereocenters. The van der Waals surface area contributed by atoms with Crippen LogP contribution < -0.4 is 10.9 Å². The molecule has 1 aliphatic carbocycles. The molecule has 0 fully saturated rings. The van der Waals surface area contributed by atoms with Gasteiger partial charge in [-0.25, -0.2) is 4.98 Å². The maximum absolute atomic E-state index is 12.7. The molecule has 2 aromatic heterocycles. The molecule has 0 aliphatic heterocycles. The zero-order chi connectivity index (χ0) is 22.9. The van der Waals surface area contributed by atoms with Crippen LogP contribution in [0.25, 0.3) is 10.9 Å². The molecule has 0 bridgehead atoms. The summed E-state index contributed by atoms with van der Waals surface area (Å²) in [5.74, 6) is -0.000457. The number of aromatic nitrogens is 3. The summed E-state index contributed by atoms with van der Waals surface area (Å²) in [4.78, 5) is 45.5. The highest BCUT2D eigenvalue weighted by Gasteiger charge is 2.34. The Labute approximate surface area is 194 Å².